The number of amides is 1. The molecule has 0 aromatic heterocycles. The van der Waals surface area contributed by atoms with E-state index in [4.69, 9.17) is 5.11 Å². The molecule has 0 spiro atoms. The van der Waals surface area contributed by atoms with Crippen molar-refractivity contribution >= 4 is 5.91 Å². The van der Waals surface area contributed by atoms with Crippen LogP contribution in [0.25, 0.3) is 0 Å². The molecule has 0 bridgehead atoms. The molecule has 0 aliphatic rings. The van der Waals surface area contributed by atoms with Gasteiger partial charge in [0.25, 0.3) is 0 Å². The molecule has 0 radical (unpaired) electrons. The first-order valence-electron chi connectivity index (χ1n) is 6.60. The molecule has 96 valence electrons. The van der Waals surface area contributed by atoms with Gasteiger partial charge in [-0.15, -0.1) is 0 Å². The number of nitrogens with zero attached hydrogens (tertiary/aromatic N) is 1. The Hall–Kier alpha value is -0.570. The summed E-state index contributed by atoms with van der Waals surface area (Å²) in [4.78, 5) is 14.0. The average molecular weight is 229 g/mol. The van der Waals surface area contributed by atoms with Crippen LogP contribution in [0.4, 0.5) is 0 Å². The van der Waals surface area contributed by atoms with E-state index in [0.29, 0.717) is 13.0 Å². The standard InChI is InChI=1S/C13H27NO2/c1-4-7-9-12(5-2)13(16)14(6-3)10-8-11-15/h12,15H,4-11H2,1-3H3. The molecule has 1 N–H and O–H groups in total. The van der Waals surface area contributed by atoms with Crippen molar-refractivity contribution in [3.63, 3.8) is 0 Å². The van der Waals surface area contributed by atoms with E-state index in [9.17, 15) is 4.79 Å². The third-order valence-electron chi connectivity index (χ3n) is 3.03. The maximum Gasteiger partial charge on any atom is 0.225 e. The first kappa shape index (κ1) is 15.4. The first-order valence-corrected chi connectivity index (χ1v) is 6.60. The summed E-state index contributed by atoms with van der Waals surface area (Å²) in [6, 6.07) is 0. The topological polar surface area (TPSA) is 40.5 Å². The van der Waals surface area contributed by atoms with Gasteiger partial charge in [-0.05, 0) is 26.2 Å². The number of rotatable bonds is 9. The molecule has 1 atom stereocenters. The summed E-state index contributed by atoms with van der Waals surface area (Å²) in [5, 5.41) is 8.79. The third kappa shape index (κ3) is 5.50. The molecule has 0 aromatic carbocycles. The van der Waals surface area contributed by atoms with Crippen molar-refractivity contribution in [2.75, 3.05) is 19.7 Å². The Morgan fingerprint density at radius 3 is 2.38 bits per heavy atom. The zero-order chi connectivity index (χ0) is 12.4. The zero-order valence-electron chi connectivity index (χ0n) is 11.0. The van der Waals surface area contributed by atoms with E-state index in [-0.39, 0.29) is 18.4 Å². The summed E-state index contributed by atoms with van der Waals surface area (Å²) >= 11 is 0. The van der Waals surface area contributed by atoms with E-state index in [0.717, 1.165) is 32.2 Å². The molecule has 3 heteroatoms. The fourth-order valence-corrected chi connectivity index (χ4v) is 1.90. The monoisotopic (exact) mass is 229 g/mol. The van der Waals surface area contributed by atoms with Crippen LogP contribution in [0, 0.1) is 5.92 Å². The number of carbonyl (C=O) groups is 1. The Morgan fingerprint density at radius 2 is 1.94 bits per heavy atom. The van der Waals surface area contributed by atoms with Gasteiger partial charge in [-0.1, -0.05) is 26.7 Å². The van der Waals surface area contributed by atoms with Crippen molar-refractivity contribution in [2.45, 2.75) is 52.9 Å². The van der Waals surface area contributed by atoms with Crippen molar-refractivity contribution in [2.24, 2.45) is 5.92 Å². The molecule has 3 nitrogen and oxygen atoms in total. The van der Waals surface area contributed by atoms with Gasteiger partial charge >= 0.3 is 0 Å². The summed E-state index contributed by atoms with van der Waals surface area (Å²) in [7, 11) is 0. The third-order valence-corrected chi connectivity index (χ3v) is 3.03. The van der Waals surface area contributed by atoms with E-state index < -0.39 is 0 Å². The second kappa shape index (κ2) is 9.64. The van der Waals surface area contributed by atoms with Gasteiger partial charge in [-0.2, -0.15) is 0 Å². The number of carbonyl (C=O) groups excluding carboxylic acids is 1. The molecule has 0 saturated heterocycles. The van der Waals surface area contributed by atoms with E-state index in [1.165, 1.54) is 0 Å². The molecular weight excluding hydrogens is 202 g/mol. The summed E-state index contributed by atoms with van der Waals surface area (Å²) in [5.74, 6) is 0.450. The Labute approximate surface area is 99.8 Å². The minimum Gasteiger partial charge on any atom is -0.396 e. The summed E-state index contributed by atoms with van der Waals surface area (Å²) in [6.07, 6.45) is 4.88. The van der Waals surface area contributed by atoms with Crippen LogP contribution < -0.4 is 0 Å². The smallest absolute Gasteiger partial charge is 0.225 e. The molecular formula is C13H27NO2. The summed E-state index contributed by atoms with van der Waals surface area (Å²) < 4.78 is 0. The molecule has 0 heterocycles. The molecule has 0 fully saturated rings. The lowest BCUT2D eigenvalue weighted by atomic mass is 9.97. The van der Waals surface area contributed by atoms with E-state index >= 15 is 0 Å². The molecule has 0 rings (SSSR count). The predicted molar refractivity (Wildman–Crippen MR) is 67.3 cm³/mol. The highest BCUT2D eigenvalue weighted by atomic mass is 16.3. The molecule has 16 heavy (non-hydrogen) atoms. The molecule has 1 amide bonds. The van der Waals surface area contributed by atoms with Crippen molar-refractivity contribution in [3.05, 3.63) is 0 Å². The highest BCUT2D eigenvalue weighted by Gasteiger charge is 2.20. The van der Waals surface area contributed by atoms with Gasteiger partial charge in [0.1, 0.15) is 0 Å². The highest BCUT2D eigenvalue weighted by molar-refractivity contribution is 5.78. The summed E-state index contributed by atoms with van der Waals surface area (Å²) in [5.41, 5.74) is 0. The molecule has 0 aromatic rings. The number of hydrogen-bond donors (Lipinski definition) is 1. The molecule has 0 aliphatic carbocycles. The lowest BCUT2D eigenvalue weighted by Crippen LogP contribution is -2.37. The van der Waals surface area contributed by atoms with E-state index in [1.54, 1.807) is 0 Å². The molecule has 0 aliphatic heterocycles. The first-order chi connectivity index (χ1) is 7.71. The number of aliphatic hydroxyl groups excluding tert-OH is 1. The molecule has 1 unspecified atom stereocenters. The normalized spacial score (nSPS) is 12.5. The van der Waals surface area contributed by atoms with Crippen molar-refractivity contribution < 1.29 is 9.90 Å². The van der Waals surface area contributed by atoms with Crippen LogP contribution >= 0.6 is 0 Å². The second-order valence-electron chi connectivity index (χ2n) is 4.24. The van der Waals surface area contributed by atoms with E-state index in [1.807, 2.05) is 11.8 Å². The Balaban J connectivity index is 4.20. The van der Waals surface area contributed by atoms with Crippen LogP contribution in [0.5, 0.6) is 0 Å². The van der Waals surface area contributed by atoms with Crippen LogP contribution in [0.3, 0.4) is 0 Å². The fraction of sp³-hybridized carbons (Fsp3) is 0.923. The van der Waals surface area contributed by atoms with Crippen LogP contribution in [0.2, 0.25) is 0 Å². The van der Waals surface area contributed by atoms with Gasteiger partial charge < -0.3 is 10.0 Å². The van der Waals surface area contributed by atoms with Crippen molar-refractivity contribution in [1.82, 2.24) is 4.90 Å². The Morgan fingerprint density at radius 1 is 1.25 bits per heavy atom. The van der Waals surface area contributed by atoms with Gasteiger partial charge in [0.15, 0.2) is 0 Å². The van der Waals surface area contributed by atoms with Gasteiger partial charge in [-0.25, -0.2) is 0 Å². The van der Waals surface area contributed by atoms with Gasteiger partial charge in [0.05, 0.1) is 0 Å². The second-order valence-corrected chi connectivity index (χ2v) is 4.24. The van der Waals surface area contributed by atoms with Gasteiger partial charge in [0, 0.05) is 25.6 Å². The summed E-state index contributed by atoms with van der Waals surface area (Å²) in [6.45, 7) is 7.84. The van der Waals surface area contributed by atoms with Crippen LogP contribution in [0.15, 0.2) is 0 Å². The van der Waals surface area contributed by atoms with Gasteiger partial charge in [-0.3, -0.25) is 4.79 Å². The van der Waals surface area contributed by atoms with Gasteiger partial charge in [0.2, 0.25) is 5.91 Å². The Bertz CT molecular complexity index is 165. The number of aliphatic hydroxyl groups is 1. The largest absolute Gasteiger partial charge is 0.396 e. The predicted octanol–water partition coefficient (Wildman–Crippen LogP) is 2.43. The number of unbranched alkanes of at least 4 members (excludes halogenated alkanes) is 1. The van der Waals surface area contributed by atoms with E-state index in [2.05, 4.69) is 13.8 Å². The number of hydrogen-bond acceptors (Lipinski definition) is 2. The highest BCUT2D eigenvalue weighted by Crippen LogP contribution is 2.16. The van der Waals surface area contributed by atoms with Crippen LogP contribution in [-0.2, 0) is 4.79 Å². The zero-order valence-corrected chi connectivity index (χ0v) is 11.0. The average Bonchev–Trinajstić information content (AvgIpc) is 2.31. The van der Waals surface area contributed by atoms with Crippen LogP contribution in [-0.4, -0.2) is 35.6 Å². The lowest BCUT2D eigenvalue weighted by Gasteiger charge is -2.25. The lowest BCUT2D eigenvalue weighted by molar-refractivity contribution is -0.135. The van der Waals surface area contributed by atoms with Crippen molar-refractivity contribution in [3.8, 4) is 0 Å². The fourth-order valence-electron chi connectivity index (χ4n) is 1.90. The maximum atomic E-state index is 12.2. The minimum absolute atomic E-state index is 0.162. The SMILES string of the molecule is CCCCC(CC)C(=O)N(CC)CCCO. The minimum atomic E-state index is 0.162. The van der Waals surface area contributed by atoms with Crippen LogP contribution in [0.1, 0.15) is 52.9 Å². The quantitative estimate of drug-likeness (QED) is 0.659. The maximum absolute atomic E-state index is 12.2. The molecule has 0 saturated carbocycles. The Kier molecular flexibility index (Phi) is 9.30. The van der Waals surface area contributed by atoms with Crippen molar-refractivity contribution in [1.29, 1.82) is 0 Å².